The molecule has 1 aliphatic carbocycles. The zero-order valence-corrected chi connectivity index (χ0v) is 14.4. The van der Waals surface area contributed by atoms with Gasteiger partial charge in [-0.25, -0.2) is 4.79 Å². The molecule has 22 heavy (non-hydrogen) atoms. The highest BCUT2D eigenvalue weighted by Gasteiger charge is 2.52. The van der Waals surface area contributed by atoms with E-state index in [0.29, 0.717) is 12.8 Å². The minimum atomic E-state index is -0.786. The van der Waals surface area contributed by atoms with Crippen molar-refractivity contribution >= 4 is 23.3 Å². The zero-order valence-electron chi connectivity index (χ0n) is 13.6. The van der Waals surface area contributed by atoms with E-state index in [2.05, 4.69) is 22.1 Å². The zero-order chi connectivity index (χ0) is 16.4. The summed E-state index contributed by atoms with van der Waals surface area (Å²) in [5.41, 5.74) is -0.142. The van der Waals surface area contributed by atoms with Crippen molar-refractivity contribution < 1.29 is 14.3 Å². The van der Waals surface area contributed by atoms with E-state index in [1.807, 2.05) is 12.3 Å². The van der Waals surface area contributed by atoms with E-state index < -0.39 is 17.2 Å². The van der Waals surface area contributed by atoms with Crippen LogP contribution >= 0.6 is 11.3 Å². The molecule has 1 aromatic rings. The largest absolute Gasteiger partial charge is 0.444 e. The minimum absolute atomic E-state index is 0.0278. The van der Waals surface area contributed by atoms with Gasteiger partial charge in [-0.05, 0) is 69.3 Å². The standard InChI is InChI=1S/C16H24N2O3S/c1-11(9-12-5-8-22-10-12)17-13(19)16(6-7-16)18-14(20)21-15(2,3)4/h5,8,10-11H,6-7,9H2,1-4H3,(H,17,19)(H,18,20)/t11-/m0/s1. The SMILES string of the molecule is C[C@@H](Cc1ccsc1)NC(=O)C1(NC(=O)OC(C)(C)C)CC1. The van der Waals surface area contributed by atoms with E-state index in [1.165, 1.54) is 5.56 Å². The van der Waals surface area contributed by atoms with Crippen molar-refractivity contribution in [3.63, 3.8) is 0 Å². The number of ether oxygens (including phenoxy) is 1. The van der Waals surface area contributed by atoms with Crippen molar-refractivity contribution in [2.45, 2.75) is 64.1 Å². The van der Waals surface area contributed by atoms with E-state index in [4.69, 9.17) is 4.74 Å². The molecule has 2 rings (SSSR count). The fourth-order valence-electron chi connectivity index (χ4n) is 2.21. The van der Waals surface area contributed by atoms with Gasteiger partial charge >= 0.3 is 6.09 Å². The Morgan fingerprint density at radius 3 is 2.59 bits per heavy atom. The van der Waals surface area contributed by atoms with Crippen LogP contribution in [0.2, 0.25) is 0 Å². The molecule has 122 valence electrons. The summed E-state index contributed by atoms with van der Waals surface area (Å²) in [7, 11) is 0. The molecule has 0 bridgehead atoms. The van der Waals surface area contributed by atoms with E-state index in [9.17, 15) is 9.59 Å². The van der Waals surface area contributed by atoms with Crippen molar-refractivity contribution in [2.24, 2.45) is 0 Å². The first-order chi connectivity index (χ1) is 10.2. The molecule has 5 nitrogen and oxygen atoms in total. The fraction of sp³-hybridized carbons (Fsp3) is 0.625. The average Bonchev–Trinajstić information content (AvgIpc) is 2.95. The summed E-state index contributed by atoms with van der Waals surface area (Å²) in [6.07, 6.45) is 1.56. The smallest absolute Gasteiger partial charge is 0.408 e. The van der Waals surface area contributed by atoms with Crippen molar-refractivity contribution in [1.82, 2.24) is 10.6 Å². The highest BCUT2D eigenvalue weighted by atomic mass is 32.1. The third-order valence-electron chi connectivity index (χ3n) is 3.42. The number of carbonyl (C=O) groups excluding carboxylic acids is 2. The summed E-state index contributed by atoms with van der Waals surface area (Å²) in [5, 5.41) is 9.80. The molecule has 1 heterocycles. The maximum Gasteiger partial charge on any atom is 0.408 e. The lowest BCUT2D eigenvalue weighted by Gasteiger charge is -2.24. The molecule has 1 aromatic heterocycles. The number of amides is 2. The predicted octanol–water partition coefficient (Wildman–Crippen LogP) is 2.85. The summed E-state index contributed by atoms with van der Waals surface area (Å²) in [6.45, 7) is 7.37. The molecule has 1 atom stereocenters. The summed E-state index contributed by atoms with van der Waals surface area (Å²) < 4.78 is 5.23. The second-order valence-corrected chi connectivity index (χ2v) is 7.70. The van der Waals surface area contributed by atoms with Gasteiger partial charge in [-0.3, -0.25) is 4.79 Å². The molecule has 1 saturated carbocycles. The van der Waals surface area contributed by atoms with Crippen LogP contribution in [0.3, 0.4) is 0 Å². The minimum Gasteiger partial charge on any atom is -0.444 e. The van der Waals surface area contributed by atoms with E-state index in [0.717, 1.165) is 6.42 Å². The van der Waals surface area contributed by atoms with Gasteiger partial charge in [0.1, 0.15) is 11.1 Å². The van der Waals surface area contributed by atoms with Gasteiger partial charge < -0.3 is 15.4 Å². The van der Waals surface area contributed by atoms with E-state index >= 15 is 0 Å². The first-order valence-corrected chi connectivity index (χ1v) is 8.48. The Labute approximate surface area is 135 Å². The van der Waals surface area contributed by atoms with Gasteiger partial charge in [0.05, 0.1) is 0 Å². The molecule has 2 amide bonds. The van der Waals surface area contributed by atoms with Crippen LogP contribution in [-0.2, 0) is 16.0 Å². The van der Waals surface area contributed by atoms with Crippen LogP contribution in [0.15, 0.2) is 16.8 Å². The quantitative estimate of drug-likeness (QED) is 0.875. The van der Waals surface area contributed by atoms with Gasteiger partial charge in [-0.2, -0.15) is 11.3 Å². The van der Waals surface area contributed by atoms with E-state index in [-0.39, 0.29) is 11.9 Å². The molecule has 2 N–H and O–H groups in total. The maximum atomic E-state index is 12.4. The molecular formula is C16H24N2O3S. The molecule has 6 heteroatoms. The van der Waals surface area contributed by atoms with Crippen molar-refractivity contribution in [3.8, 4) is 0 Å². The molecule has 0 aliphatic heterocycles. The van der Waals surface area contributed by atoms with Gasteiger partial charge in [-0.15, -0.1) is 0 Å². The molecule has 0 unspecified atom stereocenters. The summed E-state index contributed by atoms with van der Waals surface area (Å²) in [6, 6.07) is 2.08. The second-order valence-electron chi connectivity index (χ2n) is 6.92. The molecule has 0 radical (unpaired) electrons. The number of rotatable bonds is 5. The lowest BCUT2D eigenvalue weighted by molar-refractivity contribution is -0.124. The summed E-state index contributed by atoms with van der Waals surface area (Å²) in [4.78, 5) is 24.2. The normalized spacial score (nSPS) is 17.5. The number of alkyl carbamates (subject to hydrolysis) is 1. The first kappa shape index (κ1) is 16.8. The van der Waals surface area contributed by atoms with Crippen LogP contribution in [0.4, 0.5) is 4.79 Å². The monoisotopic (exact) mass is 324 g/mol. The number of hydrogen-bond acceptors (Lipinski definition) is 4. The van der Waals surface area contributed by atoms with Gasteiger partial charge in [0.15, 0.2) is 0 Å². The third kappa shape index (κ3) is 4.73. The molecule has 0 saturated heterocycles. The van der Waals surface area contributed by atoms with Crippen LogP contribution < -0.4 is 10.6 Å². The number of thiophene rings is 1. The highest BCUT2D eigenvalue weighted by molar-refractivity contribution is 7.07. The Hall–Kier alpha value is -1.56. The summed E-state index contributed by atoms with van der Waals surface area (Å²) >= 11 is 1.65. The topological polar surface area (TPSA) is 67.4 Å². The second kappa shape index (κ2) is 6.28. The molecule has 0 aromatic carbocycles. The number of carbonyl (C=O) groups is 2. The van der Waals surface area contributed by atoms with Gasteiger partial charge in [0, 0.05) is 6.04 Å². The van der Waals surface area contributed by atoms with Crippen LogP contribution in [-0.4, -0.2) is 29.2 Å². The predicted molar refractivity (Wildman–Crippen MR) is 87.0 cm³/mol. The average molecular weight is 324 g/mol. The van der Waals surface area contributed by atoms with Crippen LogP contribution in [0.5, 0.6) is 0 Å². The molecule has 0 spiro atoms. The third-order valence-corrected chi connectivity index (χ3v) is 4.16. The first-order valence-electron chi connectivity index (χ1n) is 7.53. The highest BCUT2D eigenvalue weighted by Crippen LogP contribution is 2.36. The Morgan fingerprint density at radius 2 is 2.09 bits per heavy atom. The molecule has 1 fully saturated rings. The van der Waals surface area contributed by atoms with Crippen LogP contribution in [0, 0.1) is 0 Å². The molecular weight excluding hydrogens is 300 g/mol. The summed E-state index contributed by atoms with van der Waals surface area (Å²) in [5.74, 6) is -0.124. The lowest BCUT2D eigenvalue weighted by Crippen LogP contribution is -2.52. The van der Waals surface area contributed by atoms with E-state index in [1.54, 1.807) is 32.1 Å². The number of nitrogens with one attached hydrogen (secondary N) is 2. The number of hydrogen-bond donors (Lipinski definition) is 2. The lowest BCUT2D eigenvalue weighted by atomic mass is 10.1. The maximum absolute atomic E-state index is 12.4. The fourth-order valence-corrected chi connectivity index (χ4v) is 2.89. The molecule has 1 aliphatic rings. The van der Waals surface area contributed by atoms with Gasteiger partial charge in [0.25, 0.3) is 0 Å². The Bertz CT molecular complexity index is 530. The van der Waals surface area contributed by atoms with Crippen molar-refractivity contribution in [3.05, 3.63) is 22.4 Å². The Balaban J connectivity index is 1.84. The van der Waals surface area contributed by atoms with Gasteiger partial charge in [-0.1, -0.05) is 0 Å². The van der Waals surface area contributed by atoms with Crippen molar-refractivity contribution in [2.75, 3.05) is 0 Å². The Morgan fingerprint density at radius 1 is 1.41 bits per heavy atom. The Kier molecular flexibility index (Phi) is 4.80. The van der Waals surface area contributed by atoms with Crippen LogP contribution in [0.25, 0.3) is 0 Å². The van der Waals surface area contributed by atoms with Gasteiger partial charge in [0.2, 0.25) is 5.91 Å². The van der Waals surface area contributed by atoms with Crippen LogP contribution in [0.1, 0.15) is 46.1 Å². The van der Waals surface area contributed by atoms with Crippen molar-refractivity contribution in [1.29, 1.82) is 0 Å².